The van der Waals surface area contributed by atoms with E-state index in [1.54, 1.807) is 12.1 Å². The number of aryl methyl sites for hydroxylation is 1. The van der Waals surface area contributed by atoms with Gasteiger partial charge in [0, 0.05) is 5.57 Å². The molecule has 0 bridgehead atoms. The van der Waals surface area contributed by atoms with Crippen LogP contribution in [0, 0.1) is 6.92 Å². The van der Waals surface area contributed by atoms with Gasteiger partial charge in [-0.25, -0.2) is 0 Å². The first-order chi connectivity index (χ1) is 7.15. The van der Waals surface area contributed by atoms with Crippen molar-refractivity contribution in [3.8, 4) is 0 Å². The summed E-state index contributed by atoms with van der Waals surface area (Å²) >= 11 is 0. The van der Waals surface area contributed by atoms with Crippen molar-refractivity contribution in [1.82, 2.24) is 0 Å². The molecule has 1 aromatic carbocycles. The van der Waals surface area contributed by atoms with Gasteiger partial charge in [-0.2, -0.15) is 8.78 Å². The fourth-order valence-electron chi connectivity index (χ4n) is 1.46. The maximum atomic E-state index is 12.7. The Hall–Kier alpha value is -1.18. The van der Waals surface area contributed by atoms with Gasteiger partial charge >= 0.3 is 0 Å². The molecule has 0 N–H and O–H groups in total. The van der Waals surface area contributed by atoms with Gasteiger partial charge < -0.3 is 0 Å². The van der Waals surface area contributed by atoms with E-state index in [0.29, 0.717) is 12.0 Å². The highest BCUT2D eigenvalue weighted by molar-refractivity contribution is 5.66. The molecule has 0 nitrogen and oxygen atoms in total. The molecular weight excluding hydrogens is 194 g/mol. The Morgan fingerprint density at radius 1 is 1.13 bits per heavy atom. The molecule has 0 aliphatic rings. The van der Waals surface area contributed by atoms with Gasteiger partial charge in [-0.1, -0.05) is 43.2 Å². The Morgan fingerprint density at radius 3 is 2.20 bits per heavy atom. The van der Waals surface area contributed by atoms with Crippen LogP contribution in [-0.4, -0.2) is 0 Å². The summed E-state index contributed by atoms with van der Waals surface area (Å²) < 4.78 is 25.4. The Morgan fingerprint density at radius 2 is 1.73 bits per heavy atom. The number of allylic oxidation sites excluding steroid dienone is 1. The maximum Gasteiger partial charge on any atom is 0.274 e. The minimum atomic E-state index is -1.55. The molecule has 0 amide bonds. The SMILES string of the molecule is CCCCC(=C(F)F)c1ccc(C)cc1. The lowest BCUT2D eigenvalue weighted by Gasteiger charge is -2.06. The lowest BCUT2D eigenvalue weighted by molar-refractivity contribution is 0.422. The quantitative estimate of drug-likeness (QED) is 0.670. The van der Waals surface area contributed by atoms with Crippen LogP contribution in [0.5, 0.6) is 0 Å². The van der Waals surface area contributed by atoms with Gasteiger partial charge in [0.1, 0.15) is 0 Å². The predicted molar refractivity (Wildman–Crippen MR) is 59.8 cm³/mol. The number of hydrogen-bond donors (Lipinski definition) is 0. The standard InChI is InChI=1S/C13H16F2/c1-3-4-5-12(13(14)15)11-8-6-10(2)7-9-11/h6-9H,3-5H2,1-2H3. The molecule has 1 aromatic rings. The van der Waals surface area contributed by atoms with E-state index in [0.717, 1.165) is 18.4 Å². The molecule has 0 radical (unpaired) electrons. The average molecular weight is 210 g/mol. The van der Waals surface area contributed by atoms with Crippen LogP contribution >= 0.6 is 0 Å². The van der Waals surface area contributed by atoms with Gasteiger partial charge in [-0.15, -0.1) is 0 Å². The fourth-order valence-corrected chi connectivity index (χ4v) is 1.46. The lowest BCUT2D eigenvalue weighted by Crippen LogP contribution is -1.87. The van der Waals surface area contributed by atoms with Gasteiger partial charge in [0.2, 0.25) is 0 Å². The molecule has 0 fully saturated rings. The van der Waals surface area contributed by atoms with E-state index in [1.807, 2.05) is 26.0 Å². The zero-order valence-corrected chi connectivity index (χ0v) is 9.19. The molecular formula is C13H16F2. The lowest BCUT2D eigenvalue weighted by atomic mass is 10.0. The van der Waals surface area contributed by atoms with E-state index in [2.05, 4.69) is 0 Å². The third-order valence-electron chi connectivity index (χ3n) is 2.41. The van der Waals surface area contributed by atoms with E-state index in [4.69, 9.17) is 0 Å². The summed E-state index contributed by atoms with van der Waals surface area (Å²) in [6.07, 6.45) is 0.651. The van der Waals surface area contributed by atoms with Gasteiger partial charge in [0.15, 0.2) is 0 Å². The van der Waals surface area contributed by atoms with Crippen molar-refractivity contribution in [2.75, 3.05) is 0 Å². The highest BCUT2D eigenvalue weighted by Gasteiger charge is 2.08. The van der Waals surface area contributed by atoms with Crippen molar-refractivity contribution in [3.63, 3.8) is 0 Å². The van der Waals surface area contributed by atoms with Gasteiger partial charge in [0.05, 0.1) is 0 Å². The molecule has 0 aliphatic carbocycles. The Bertz CT molecular complexity index is 332. The van der Waals surface area contributed by atoms with Crippen LogP contribution in [0.1, 0.15) is 37.3 Å². The van der Waals surface area contributed by atoms with Crippen LogP contribution in [0.15, 0.2) is 30.3 Å². The minimum Gasteiger partial charge on any atom is -0.173 e. The molecule has 2 heteroatoms. The Balaban J connectivity index is 2.91. The smallest absolute Gasteiger partial charge is 0.173 e. The van der Waals surface area contributed by atoms with E-state index in [9.17, 15) is 8.78 Å². The minimum absolute atomic E-state index is 0.192. The third kappa shape index (κ3) is 3.46. The van der Waals surface area contributed by atoms with E-state index < -0.39 is 6.08 Å². The maximum absolute atomic E-state index is 12.7. The molecule has 15 heavy (non-hydrogen) atoms. The second kappa shape index (κ2) is 5.64. The summed E-state index contributed by atoms with van der Waals surface area (Å²) in [6, 6.07) is 7.26. The van der Waals surface area contributed by atoms with Crippen LogP contribution < -0.4 is 0 Å². The average Bonchev–Trinajstić information content (AvgIpc) is 2.21. The van der Waals surface area contributed by atoms with Crippen molar-refractivity contribution in [2.24, 2.45) is 0 Å². The summed E-state index contributed by atoms with van der Waals surface area (Å²) in [4.78, 5) is 0. The van der Waals surface area contributed by atoms with Gasteiger partial charge in [0.25, 0.3) is 6.08 Å². The topological polar surface area (TPSA) is 0 Å². The van der Waals surface area contributed by atoms with Crippen molar-refractivity contribution >= 4 is 5.57 Å². The van der Waals surface area contributed by atoms with Crippen LogP contribution in [0.2, 0.25) is 0 Å². The third-order valence-corrected chi connectivity index (χ3v) is 2.41. The zero-order valence-electron chi connectivity index (χ0n) is 9.19. The number of unbranched alkanes of at least 4 members (excludes halogenated alkanes) is 1. The normalized spacial score (nSPS) is 10.1. The molecule has 0 atom stereocenters. The monoisotopic (exact) mass is 210 g/mol. The highest BCUT2D eigenvalue weighted by atomic mass is 19.3. The van der Waals surface area contributed by atoms with Crippen LogP contribution in [-0.2, 0) is 0 Å². The first-order valence-electron chi connectivity index (χ1n) is 5.26. The van der Waals surface area contributed by atoms with Crippen molar-refractivity contribution in [3.05, 3.63) is 41.5 Å². The number of rotatable bonds is 4. The van der Waals surface area contributed by atoms with Crippen LogP contribution in [0.3, 0.4) is 0 Å². The molecule has 0 heterocycles. The van der Waals surface area contributed by atoms with E-state index >= 15 is 0 Å². The first-order valence-corrected chi connectivity index (χ1v) is 5.26. The number of hydrogen-bond acceptors (Lipinski definition) is 0. The number of halogens is 2. The molecule has 0 saturated carbocycles. The van der Waals surface area contributed by atoms with Gasteiger partial charge in [-0.3, -0.25) is 0 Å². The molecule has 0 aromatic heterocycles. The molecule has 0 unspecified atom stereocenters. The molecule has 0 saturated heterocycles. The molecule has 1 rings (SSSR count). The predicted octanol–water partition coefficient (Wildman–Crippen LogP) is 4.79. The molecule has 82 valence electrons. The van der Waals surface area contributed by atoms with Crippen LogP contribution in [0.25, 0.3) is 5.57 Å². The summed E-state index contributed by atoms with van der Waals surface area (Å²) in [5, 5.41) is 0. The van der Waals surface area contributed by atoms with Gasteiger partial charge in [-0.05, 0) is 25.3 Å². The fraction of sp³-hybridized carbons (Fsp3) is 0.385. The summed E-state index contributed by atoms with van der Waals surface area (Å²) in [6.45, 7) is 3.95. The second-order valence-electron chi connectivity index (χ2n) is 3.71. The van der Waals surface area contributed by atoms with E-state index in [1.165, 1.54) is 0 Å². The summed E-state index contributed by atoms with van der Waals surface area (Å²) in [5.41, 5.74) is 1.93. The van der Waals surface area contributed by atoms with Crippen molar-refractivity contribution < 1.29 is 8.78 Å². The first kappa shape index (κ1) is 11.9. The molecule has 0 aliphatic heterocycles. The van der Waals surface area contributed by atoms with Crippen molar-refractivity contribution in [2.45, 2.75) is 33.1 Å². The largest absolute Gasteiger partial charge is 0.274 e. The van der Waals surface area contributed by atoms with Crippen LogP contribution in [0.4, 0.5) is 8.78 Å². The number of benzene rings is 1. The summed E-state index contributed by atoms with van der Waals surface area (Å²) in [5.74, 6) is 0. The Labute approximate surface area is 89.6 Å². The Kier molecular flexibility index (Phi) is 4.47. The highest BCUT2D eigenvalue weighted by Crippen LogP contribution is 2.26. The van der Waals surface area contributed by atoms with E-state index in [-0.39, 0.29) is 5.57 Å². The molecule has 0 spiro atoms. The van der Waals surface area contributed by atoms with Crippen molar-refractivity contribution in [1.29, 1.82) is 0 Å². The zero-order chi connectivity index (χ0) is 11.3. The summed E-state index contributed by atoms with van der Waals surface area (Å²) in [7, 11) is 0. The second-order valence-corrected chi connectivity index (χ2v) is 3.71.